The lowest BCUT2D eigenvalue weighted by Gasteiger charge is -2.33. The predicted molar refractivity (Wildman–Crippen MR) is 99.2 cm³/mol. The lowest BCUT2D eigenvalue weighted by molar-refractivity contribution is 0.220. The number of benzene rings is 1. The minimum Gasteiger partial charge on any atom is -0.492 e. The van der Waals surface area contributed by atoms with Gasteiger partial charge in [-0.3, -0.25) is 4.90 Å². The van der Waals surface area contributed by atoms with E-state index in [-0.39, 0.29) is 5.41 Å². The Labute approximate surface area is 142 Å². The van der Waals surface area contributed by atoms with Gasteiger partial charge in [-0.25, -0.2) is 0 Å². The molecule has 0 fully saturated rings. The topological polar surface area (TPSA) is 12.5 Å². The maximum absolute atomic E-state index is 5.91. The van der Waals surface area contributed by atoms with Crippen LogP contribution in [0.1, 0.15) is 53.0 Å². The first-order chi connectivity index (χ1) is 10.8. The number of hydrogen-bond acceptors (Lipinski definition) is 2. The van der Waals surface area contributed by atoms with E-state index in [1.165, 1.54) is 12.0 Å². The standard InChI is InChI=1S/C21H33NO/c1-20(2,3)17-21(4,5)18-9-11-19(12-10-18)23-16-15-22-13-7-6-8-14-22/h6-7,9-12H,8,13-17H2,1-5H3. The summed E-state index contributed by atoms with van der Waals surface area (Å²) in [4.78, 5) is 2.43. The van der Waals surface area contributed by atoms with Gasteiger partial charge in [-0.05, 0) is 41.4 Å². The van der Waals surface area contributed by atoms with Gasteiger partial charge in [-0.15, -0.1) is 0 Å². The summed E-state index contributed by atoms with van der Waals surface area (Å²) in [5.41, 5.74) is 1.92. The largest absolute Gasteiger partial charge is 0.492 e. The van der Waals surface area contributed by atoms with Crippen LogP contribution < -0.4 is 4.74 Å². The fourth-order valence-electron chi connectivity index (χ4n) is 3.62. The Morgan fingerprint density at radius 2 is 1.70 bits per heavy atom. The molecule has 23 heavy (non-hydrogen) atoms. The van der Waals surface area contributed by atoms with Crippen molar-refractivity contribution in [3.05, 3.63) is 42.0 Å². The highest BCUT2D eigenvalue weighted by Crippen LogP contribution is 2.36. The summed E-state index contributed by atoms with van der Waals surface area (Å²) < 4.78 is 5.91. The average Bonchev–Trinajstić information content (AvgIpc) is 2.46. The first kappa shape index (κ1) is 18.1. The zero-order valence-corrected chi connectivity index (χ0v) is 15.6. The van der Waals surface area contributed by atoms with Gasteiger partial charge in [0.25, 0.3) is 0 Å². The van der Waals surface area contributed by atoms with E-state index in [9.17, 15) is 0 Å². The molecule has 1 aromatic carbocycles. The molecule has 0 spiro atoms. The molecule has 2 nitrogen and oxygen atoms in total. The second kappa shape index (κ2) is 7.53. The Hall–Kier alpha value is -1.28. The summed E-state index contributed by atoms with van der Waals surface area (Å²) >= 11 is 0. The third-order valence-electron chi connectivity index (χ3n) is 4.43. The Bertz CT molecular complexity index is 508. The molecule has 1 aromatic rings. The molecule has 0 radical (unpaired) electrons. The van der Waals surface area contributed by atoms with Crippen molar-refractivity contribution >= 4 is 0 Å². The molecule has 0 amide bonds. The van der Waals surface area contributed by atoms with Gasteiger partial charge in [-0.2, -0.15) is 0 Å². The summed E-state index contributed by atoms with van der Waals surface area (Å²) in [6.45, 7) is 15.6. The van der Waals surface area contributed by atoms with E-state index < -0.39 is 0 Å². The van der Waals surface area contributed by atoms with Gasteiger partial charge >= 0.3 is 0 Å². The second-order valence-corrected chi connectivity index (χ2v) is 8.55. The van der Waals surface area contributed by atoms with Crippen LogP contribution in [0.2, 0.25) is 0 Å². The minimum absolute atomic E-state index is 0.191. The Kier molecular flexibility index (Phi) is 5.91. The van der Waals surface area contributed by atoms with Crippen molar-refractivity contribution < 1.29 is 4.74 Å². The third-order valence-corrected chi connectivity index (χ3v) is 4.43. The number of hydrogen-bond donors (Lipinski definition) is 0. The summed E-state index contributed by atoms with van der Waals surface area (Å²) in [7, 11) is 0. The van der Waals surface area contributed by atoms with Gasteiger partial charge in [-0.1, -0.05) is 58.9 Å². The van der Waals surface area contributed by atoms with E-state index in [0.29, 0.717) is 5.41 Å². The maximum atomic E-state index is 5.91. The van der Waals surface area contributed by atoms with Gasteiger partial charge in [0.05, 0.1) is 0 Å². The van der Waals surface area contributed by atoms with E-state index in [1.54, 1.807) is 0 Å². The van der Waals surface area contributed by atoms with Crippen molar-refractivity contribution in [1.29, 1.82) is 0 Å². The first-order valence-corrected chi connectivity index (χ1v) is 8.87. The van der Waals surface area contributed by atoms with Gasteiger partial charge < -0.3 is 4.74 Å². The quantitative estimate of drug-likeness (QED) is 0.682. The molecule has 0 unspecified atom stereocenters. The molecule has 1 heterocycles. The molecule has 1 aliphatic heterocycles. The molecule has 0 saturated carbocycles. The van der Waals surface area contributed by atoms with Crippen LogP contribution in [0.15, 0.2) is 36.4 Å². The van der Waals surface area contributed by atoms with Crippen LogP contribution in [0.5, 0.6) is 5.75 Å². The van der Waals surface area contributed by atoms with Gasteiger partial charge in [0.1, 0.15) is 12.4 Å². The highest BCUT2D eigenvalue weighted by Gasteiger charge is 2.27. The van der Waals surface area contributed by atoms with Crippen molar-refractivity contribution in [1.82, 2.24) is 4.90 Å². The average molecular weight is 316 g/mol. The van der Waals surface area contributed by atoms with Crippen LogP contribution in [-0.4, -0.2) is 31.1 Å². The lowest BCUT2D eigenvalue weighted by atomic mass is 9.72. The fourth-order valence-corrected chi connectivity index (χ4v) is 3.62. The van der Waals surface area contributed by atoms with Crippen molar-refractivity contribution in [2.75, 3.05) is 26.2 Å². The number of ether oxygens (including phenoxy) is 1. The van der Waals surface area contributed by atoms with Crippen LogP contribution in [0.3, 0.4) is 0 Å². The van der Waals surface area contributed by atoms with Crippen molar-refractivity contribution in [2.24, 2.45) is 5.41 Å². The van der Waals surface area contributed by atoms with Crippen molar-refractivity contribution in [3.63, 3.8) is 0 Å². The monoisotopic (exact) mass is 315 g/mol. The molecule has 0 aliphatic carbocycles. The molecule has 0 saturated heterocycles. The molecule has 0 N–H and O–H groups in total. The second-order valence-electron chi connectivity index (χ2n) is 8.55. The van der Waals surface area contributed by atoms with Gasteiger partial charge in [0.15, 0.2) is 0 Å². The molecular weight excluding hydrogens is 282 g/mol. The molecule has 128 valence electrons. The lowest BCUT2D eigenvalue weighted by Crippen LogP contribution is -2.31. The van der Waals surface area contributed by atoms with E-state index in [0.717, 1.165) is 38.4 Å². The molecule has 0 atom stereocenters. The SMILES string of the molecule is CC(C)(C)CC(C)(C)c1ccc(OCCN2CC=CCC2)cc1. The molecular formula is C21H33NO. The third kappa shape index (κ3) is 6.02. The van der Waals surface area contributed by atoms with Crippen molar-refractivity contribution in [3.8, 4) is 5.75 Å². The predicted octanol–water partition coefficient (Wildman–Crippen LogP) is 5.04. The molecule has 0 aromatic heterocycles. The van der Waals surface area contributed by atoms with Crippen LogP contribution in [0.25, 0.3) is 0 Å². The zero-order valence-electron chi connectivity index (χ0n) is 15.6. The van der Waals surface area contributed by atoms with E-state index in [1.807, 2.05) is 0 Å². The van der Waals surface area contributed by atoms with Gasteiger partial charge in [0.2, 0.25) is 0 Å². The highest BCUT2D eigenvalue weighted by atomic mass is 16.5. The summed E-state index contributed by atoms with van der Waals surface area (Å²) in [5, 5.41) is 0. The van der Waals surface area contributed by atoms with Crippen LogP contribution in [-0.2, 0) is 5.41 Å². The van der Waals surface area contributed by atoms with Crippen LogP contribution in [0, 0.1) is 5.41 Å². The van der Waals surface area contributed by atoms with E-state index >= 15 is 0 Å². The Balaban J connectivity index is 1.85. The molecule has 2 rings (SSSR count). The molecule has 0 bridgehead atoms. The number of nitrogens with zero attached hydrogens (tertiary/aromatic N) is 1. The summed E-state index contributed by atoms with van der Waals surface area (Å²) in [6.07, 6.45) is 6.84. The van der Waals surface area contributed by atoms with Crippen molar-refractivity contribution in [2.45, 2.75) is 52.9 Å². The highest BCUT2D eigenvalue weighted by molar-refractivity contribution is 5.31. The summed E-state index contributed by atoms with van der Waals surface area (Å²) in [6, 6.07) is 8.70. The van der Waals surface area contributed by atoms with E-state index in [2.05, 4.69) is 75.9 Å². The first-order valence-electron chi connectivity index (χ1n) is 8.87. The van der Waals surface area contributed by atoms with E-state index in [4.69, 9.17) is 4.74 Å². The fraction of sp³-hybridized carbons (Fsp3) is 0.619. The molecule has 1 aliphatic rings. The maximum Gasteiger partial charge on any atom is 0.119 e. The zero-order chi connectivity index (χ0) is 16.9. The van der Waals surface area contributed by atoms with Crippen LogP contribution >= 0.6 is 0 Å². The van der Waals surface area contributed by atoms with Gasteiger partial charge in [0, 0.05) is 19.6 Å². The van der Waals surface area contributed by atoms with Crippen LogP contribution in [0.4, 0.5) is 0 Å². The Morgan fingerprint density at radius 1 is 1.00 bits per heavy atom. The Morgan fingerprint density at radius 3 is 2.26 bits per heavy atom. The summed E-state index contributed by atoms with van der Waals surface area (Å²) in [5.74, 6) is 0.980. The number of rotatable bonds is 6. The smallest absolute Gasteiger partial charge is 0.119 e. The molecule has 2 heteroatoms. The normalized spacial score (nSPS) is 16.6. The minimum atomic E-state index is 0.191.